The standard InChI is InChI=1S/C19H23NO4/c1-13(2)11-15-5-3-14(4-6-15)7-10-18(21)20-12-16-8-9-17(24-16)19(22)23/h3-6,8-9,13H,7,10-12H2,1-2H3,(H,20,21)(H,22,23). The van der Waals surface area contributed by atoms with E-state index in [1.165, 1.54) is 11.6 Å². The minimum Gasteiger partial charge on any atom is -0.475 e. The third-order valence-corrected chi connectivity index (χ3v) is 3.64. The van der Waals surface area contributed by atoms with Gasteiger partial charge < -0.3 is 14.8 Å². The molecule has 1 heterocycles. The Hall–Kier alpha value is -2.56. The van der Waals surface area contributed by atoms with Crippen LogP contribution in [0.5, 0.6) is 0 Å². The Morgan fingerprint density at radius 3 is 2.33 bits per heavy atom. The molecule has 5 nitrogen and oxygen atoms in total. The lowest BCUT2D eigenvalue weighted by molar-refractivity contribution is -0.121. The van der Waals surface area contributed by atoms with Gasteiger partial charge >= 0.3 is 5.97 Å². The Bertz CT molecular complexity index is 686. The van der Waals surface area contributed by atoms with Gasteiger partial charge in [-0.05, 0) is 42.0 Å². The van der Waals surface area contributed by atoms with E-state index in [1.807, 2.05) is 0 Å². The second-order valence-electron chi connectivity index (χ2n) is 6.26. The van der Waals surface area contributed by atoms with Gasteiger partial charge in [0.1, 0.15) is 5.76 Å². The van der Waals surface area contributed by atoms with Crippen molar-refractivity contribution >= 4 is 11.9 Å². The van der Waals surface area contributed by atoms with Crippen LogP contribution in [0.3, 0.4) is 0 Å². The maximum Gasteiger partial charge on any atom is 0.371 e. The summed E-state index contributed by atoms with van der Waals surface area (Å²) < 4.78 is 5.09. The number of furan rings is 1. The zero-order chi connectivity index (χ0) is 17.5. The van der Waals surface area contributed by atoms with Crippen molar-refractivity contribution in [3.05, 3.63) is 59.0 Å². The van der Waals surface area contributed by atoms with Crippen molar-refractivity contribution in [1.29, 1.82) is 0 Å². The molecule has 24 heavy (non-hydrogen) atoms. The van der Waals surface area contributed by atoms with E-state index in [-0.39, 0.29) is 18.2 Å². The Balaban J connectivity index is 1.75. The van der Waals surface area contributed by atoms with Crippen LogP contribution in [0.25, 0.3) is 0 Å². The number of carbonyl (C=O) groups excluding carboxylic acids is 1. The molecule has 0 aliphatic rings. The molecule has 0 aliphatic heterocycles. The van der Waals surface area contributed by atoms with Crippen LogP contribution >= 0.6 is 0 Å². The van der Waals surface area contributed by atoms with Crippen LogP contribution in [0, 0.1) is 5.92 Å². The molecule has 128 valence electrons. The normalized spacial score (nSPS) is 10.8. The van der Waals surface area contributed by atoms with Gasteiger partial charge in [-0.1, -0.05) is 38.1 Å². The molecule has 0 unspecified atom stereocenters. The topological polar surface area (TPSA) is 79.5 Å². The molecule has 2 rings (SSSR count). The van der Waals surface area contributed by atoms with Crippen LogP contribution in [0.2, 0.25) is 0 Å². The zero-order valence-corrected chi connectivity index (χ0v) is 14.0. The molecule has 1 amide bonds. The first kappa shape index (κ1) is 17.8. The first-order chi connectivity index (χ1) is 11.4. The summed E-state index contributed by atoms with van der Waals surface area (Å²) in [7, 11) is 0. The minimum atomic E-state index is -1.12. The first-order valence-corrected chi connectivity index (χ1v) is 8.10. The monoisotopic (exact) mass is 329 g/mol. The molecule has 0 spiro atoms. The number of carbonyl (C=O) groups is 2. The number of carboxylic acid groups (broad SMARTS) is 1. The highest BCUT2D eigenvalue weighted by Crippen LogP contribution is 2.11. The Labute approximate surface area is 141 Å². The number of benzene rings is 1. The number of aromatic carboxylic acids is 1. The zero-order valence-electron chi connectivity index (χ0n) is 14.0. The second-order valence-corrected chi connectivity index (χ2v) is 6.26. The number of hydrogen-bond donors (Lipinski definition) is 2. The van der Waals surface area contributed by atoms with E-state index in [2.05, 4.69) is 43.4 Å². The minimum absolute atomic E-state index is 0.0884. The summed E-state index contributed by atoms with van der Waals surface area (Å²) in [5.74, 6) is -0.271. The van der Waals surface area contributed by atoms with Gasteiger partial charge in [0, 0.05) is 6.42 Å². The SMILES string of the molecule is CC(C)Cc1ccc(CCC(=O)NCc2ccc(C(=O)O)o2)cc1. The van der Waals surface area contributed by atoms with Crippen molar-refractivity contribution in [3.8, 4) is 0 Å². The highest BCUT2D eigenvalue weighted by molar-refractivity contribution is 5.84. The first-order valence-electron chi connectivity index (χ1n) is 8.10. The number of rotatable bonds is 8. The molecule has 0 atom stereocenters. The summed E-state index contributed by atoms with van der Waals surface area (Å²) in [6, 6.07) is 11.3. The summed E-state index contributed by atoms with van der Waals surface area (Å²) in [6.07, 6.45) is 2.12. The fraction of sp³-hybridized carbons (Fsp3) is 0.368. The van der Waals surface area contributed by atoms with Crippen LogP contribution < -0.4 is 5.32 Å². The van der Waals surface area contributed by atoms with E-state index >= 15 is 0 Å². The maximum absolute atomic E-state index is 11.9. The lowest BCUT2D eigenvalue weighted by atomic mass is 10.0. The molecule has 2 aromatic rings. The fourth-order valence-corrected chi connectivity index (χ4v) is 2.43. The van der Waals surface area contributed by atoms with Crippen molar-refractivity contribution in [2.75, 3.05) is 0 Å². The quantitative estimate of drug-likeness (QED) is 0.777. The Kier molecular flexibility index (Phi) is 6.18. The van der Waals surface area contributed by atoms with Crippen LogP contribution in [0.4, 0.5) is 0 Å². The Morgan fingerprint density at radius 2 is 1.75 bits per heavy atom. The van der Waals surface area contributed by atoms with Gasteiger partial charge in [-0.2, -0.15) is 0 Å². The summed E-state index contributed by atoms with van der Waals surface area (Å²) in [4.78, 5) is 22.6. The molecule has 0 aliphatic carbocycles. The van der Waals surface area contributed by atoms with E-state index < -0.39 is 5.97 Å². The van der Waals surface area contributed by atoms with Gasteiger partial charge in [-0.3, -0.25) is 4.79 Å². The lowest BCUT2D eigenvalue weighted by Gasteiger charge is -2.07. The molecule has 0 saturated carbocycles. The largest absolute Gasteiger partial charge is 0.475 e. The van der Waals surface area contributed by atoms with Crippen LogP contribution in [0.1, 0.15) is 47.7 Å². The van der Waals surface area contributed by atoms with Gasteiger partial charge in [-0.15, -0.1) is 0 Å². The van der Waals surface area contributed by atoms with Crippen LogP contribution in [-0.4, -0.2) is 17.0 Å². The molecule has 0 radical (unpaired) electrons. The molecule has 1 aromatic heterocycles. The molecular formula is C19H23NO4. The van der Waals surface area contributed by atoms with E-state index in [0.29, 0.717) is 24.5 Å². The summed E-state index contributed by atoms with van der Waals surface area (Å²) in [5.41, 5.74) is 2.44. The fourth-order valence-electron chi connectivity index (χ4n) is 2.43. The van der Waals surface area contributed by atoms with Gasteiger partial charge in [-0.25, -0.2) is 4.79 Å². The number of nitrogens with one attached hydrogen (secondary N) is 1. The predicted molar refractivity (Wildman–Crippen MR) is 90.8 cm³/mol. The van der Waals surface area contributed by atoms with E-state index in [4.69, 9.17) is 9.52 Å². The van der Waals surface area contributed by atoms with E-state index in [9.17, 15) is 9.59 Å². The van der Waals surface area contributed by atoms with Crippen LogP contribution in [-0.2, 0) is 24.2 Å². The average Bonchev–Trinajstić information content (AvgIpc) is 3.01. The second kappa shape index (κ2) is 8.34. The molecule has 0 bridgehead atoms. The van der Waals surface area contributed by atoms with Crippen LogP contribution in [0.15, 0.2) is 40.8 Å². The predicted octanol–water partition coefficient (Wildman–Crippen LogP) is 3.43. The molecule has 0 saturated heterocycles. The average molecular weight is 329 g/mol. The van der Waals surface area contributed by atoms with E-state index in [1.54, 1.807) is 6.07 Å². The van der Waals surface area contributed by atoms with Crippen molar-refractivity contribution in [2.24, 2.45) is 5.92 Å². The number of aryl methyl sites for hydroxylation is 1. The molecule has 0 fully saturated rings. The number of hydrogen-bond acceptors (Lipinski definition) is 3. The van der Waals surface area contributed by atoms with E-state index in [0.717, 1.165) is 12.0 Å². The van der Waals surface area contributed by atoms with Crippen molar-refractivity contribution in [2.45, 2.75) is 39.7 Å². The highest BCUT2D eigenvalue weighted by atomic mass is 16.4. The third-order valence-electron chi connectivity index (χ3n) is 3.64. The third kappa shape index (κ3) is 5.57. The van der Waals surface area contributed by atoms with Crippen molar-refractivity contribution < 1.29 is 19.1 Å². The molecule has 1 aromatic carbocycles. The molecule has 5 heteroatoms. The maximum atomic E-state index is 11.9. The van der Waals surface area contributed by atoms with Gasteiger partial charge in [0.15, 0.2) is 0 Å². The summed E-state index contributed by atoms with van der Waals surface area (Å²) >= 11 is 0. The Morgan fingerprint density at radius 1 is 1.08 bits per heavy atom. The van der Waals surface area contributed by atoms with Crippen molar-refractivity contribution in [3.63, 3.8) is 0 Å². The molecule has 2 N–H and O–H groups in total. The van der Waals surface area contributed by atoms with Gasteiger partial charge in [0.25, 0.3) is 0 Å². The van der Waals surface area contributed by atoms with Gasteiger partial charge in [0.05, 0.1) is 6.54 Å². The smallest absolute Gasteiger partial charge is 0.371 e. The summed E-state index contributed by atoms with van der Waals surface area (Å²) in [5, 5.41) is 11.5. The lowest BCUT2D eigenvalue weighted by Crippen LogP contribution is -2.22. The van der Waals surface area contributed by atoms with Gasteiger partial charge in [0.2, 0.25) is 11.7 Å². The highest BCUT2D eigenvalue weighted by Gasteiger charge is 2.10. The molecular weight excluding hydrogens is 306 g/mol. The summed E-state index contributed by atoms with van der Waals surface area (Å²) in [6.45, 7) is 4.58. The number of carboxylic acids is 1. The number of amides is 1. The van der Waals surface area contributed by atoms with Crippen molar-refractivity contribution in [1.82, 2.24) is 5.32 Å².